The number of allylic oxidation sites excluding steroid dienone is 10. The molecule has 0 aliphatic rings. The van der Waals surface area contributed by atoms with E-state index in [1.807, 2.05) is 0 Å². The summed E-state index contributed by atoms with van der Waals surface area (Å²) in [5.41, 5.74) is 0. The minimum absolute atomic E-state index is 0.0756. The lowest BCUT2D eigenvalue weighted by Gasteiger charge is -2.18. The van der Waals surface area contributed by atoms with Crippen molar-refractivity contribution in [2.45, 2.75) is 284 Å². The van der Waals surface area contributed by atoms with Gasteiger partial charge in [0.15, 0.2) is 6.10 Å². The predicted molar refractivity (Wildman–Crippen MR) is 279 cm³/mol. The number of rotatable bonds is 50. The molecule has 6 nitrogen and oxygen atoms in total. The van der Waals surface area contributed by atoms with Gasteiger partial charge in [0.2, 0.25) is 0 Å². The fourth-order valence-electron chi connectivity index (χ4n) is 7.84. The zero-order valence-electron chi connectivity index (χ0n) is 43.0. The monoisotopic (exact) mass is 909 g/mol. The van der Waals surface area contributed by atoms with E-state index in [0.29, 0.717) is 19.3 Å². The molecule has 0 aromatic heterocycles. The van der Waals surface area contributed by atoms with Crippen LogP contribution in [0.3, 0.4) is 0 Å². The van der Waals surface area contributed by atoms with Crippen LogP contribution >= 0.6 is 0 Å². The second kappa shape index (κ2) is 53.7. The number of carbonyl (C=O) groups is 3. The smallest absolute Gasteiger partial charge is 0.306 e. The molecule has 0 fully saturated rings. The molecule has 0 aromatic carbocycles. The highest BCUT2D eigenvalue weighted by molar-refractivity contribution is 5.71. The normalized spacial score (nSPS) is 12.5. The number of unbranched alkanes of at least 4 members (excludes halogenated alkanes) is 29. The lowest BCUT2D eigenvalue weighted by atomic mass is 10.0. The number of ether oxygens (including phenoxy) is 3. The highest BCUT2D eigenvalue weighted by Crippen LogP contribution is 2.16. The van der Waals surface area contributed by atoms with Gasteiger partial charge in [-0.15, -0.1) is 0 Å². The topological polar surface area (TPSA) is 78.9 Å². The summed E-state index contributed by atoms with van der Waals surface area (Å²) < 4.78 is 16.7. The molecular formula is C59H104O6. The minimum Gasteiger partial charge on any atom is -0.462 e. The van der Waals surface area contributed by atoms with Gasteiger partial charge in [-0.1, -0.05) is 236 Å². The average Bonchev–Trinajstić information content (AvgIpc) is 3.30. The zero-order valence-corrected chi connectivity index (χ0v) is 43.0. The van der Waals surface area contributed by atoms with Gasteiger partial charge in [-0.25, -0.2) is 0 Å². The van der Waals surface area contributed by atoms with Crippen LogP contribution in [0.15, 0.2) is 60.8 Å². The van der Waals surface area contributed by atoms with Crippen LogP contribution in [-0.2, 0) is 28.6 Å². The molecule has 0 spiro atoms. The maximum atomic E-state index is 12.7. The van der Waals surface area contributed by atoms with Crippen molar-refractivity contribution in [2.75, 3.05) is 13.2 Å². The summed E-state index contributed by atoms with van der Waals surface area (Å²) >= 11 is 0. The molecule has 0 saturated carbocycles. The van der Waals surface area contributed by atoms with Gasteiger partial charge < -0.3 is 14.2 Å². The summed E-state index contributed by atoms with van der Waals surface area (Å²) in [6.07, 6.45) is 66.8. The third-order valence-corrected chi connectivity index (χ3v) is 12.0. The minimum atomic E-state index is -0.773. The molecule has 0 rings (SSSR count). The Morgan fingerprint density at radius 2 is 0.600 bits per heavy atom. The Labute approximate surface area is 402 Å². The van der Waals surface area contributed by atoms with Crippen molar-refractivity contribution in [1.29, 1.82) is 0 Å². The molecule has 0 aliphatic heterocycles. The van der Waals surface area contributed by atoms with Gasteiger partial charge in [0.1, 0.15) is 13.2 Å². The standard InChI is InChI=1S/C59H104O6/c1-4-7-10-13-16-18-20-22-24-25-26-27-28-29-30-31-32-33-34-35-36-38-39-41-43-46-49-52-58(61)64-55-56(54-63-57(60)51-48-45-15-12-9-6-3)65-59(62)53-50-47-44-42-40-37-23-21-19-17-14-11-8-5-2/h7,10,16,18,21-24,26-27,56H,4-6,8-9,11-15,17,19-20,25,28-55H2,1-3H3/b10-7-,18-16-,23-21-,24-22-,27-26-. The van der Waals surface area contributed by atoms with E-state index in [2.05, 4.69) is 81.5 Å². The lowest BCUT2D eigenvalue weighted by molar-refractivity contribution is -0.167. The molecule has 0 N–H and O–H groups in total. The molecule has 6 heteroatoms. The molecule has 0 amide bonds. The molecule has 376 valence electrons. The van der Waals surface area contributed by atoms with Gasteiger partial charge in [0.05, 0.1) is 0 Å². The highest BCUT2D eigenvalue weighted by Gasteiger charge is 2.19. The fraction of sp³-hybridized carbons (Fsp3) is 0.780. The summed E-state index contributed by atoms with van der Waals surface area (Å²) in [4.78, 5) is 37.8. The van der Waals surface area contributed by atoms with E-state index in [-0.39, 0.29) is 31.1 Å². The molecular weight excluding hydrogens is 805 g/mol. The van der Waals surface area contributed by atoms with Crippen LogP contribution in [0.25, 0.3) is 0 Å². The first kappa shape index (κ1) is 62.1. The van der Waals surface area contributed by atoms with Crippen LogP contribution in [0.5, 0.6) is 0 Å². The maximum Gasteiger partial charge on any atom is 0.306 e. The van der Waals surface area contributed by atoms with Crippen molar-refractivity contribution in [3.63, 3.8) is 0 Å². The van der Waals surface area contributed by atoms with Crippen LogP contribution in [0, 0.1) is 0 Å². The van der Waals surface area contributed by atoms with E-state index in [1.54, 1.807) is 0 Å². The Balaban J connectivity index is 4.07. The molecule has 0 radical (unpaired) electrons. The summed E-state index contributed by atoms with van der Waals surface area (Å²) in [6, 6.07) is 0. The number of hydrogen-bond donors (Lipinski definition) is 0. The summed E-state index contributed by atoms with van der Waals surface area (Å²) in [7, 11) is 0. The first-order valence-electron chi connectivity index (χ1n) is 27.8. The Morgan fingerprint density at radius 3 is 0.954 bits per heavy atom. The molecule has 0 heterocycles. The number of hydrogen-bond acceptors (Lipinski definition) is 6. The Morgan fingerprint density at radius 1 is 0.323 bits per heavy atom. The molecule has 0 aliphatic carbocycles. The van der Waals surface area contributed by atoms with Crippen molar-refractivity contribution in [3.05, 3.63) is 60.8 Å². The first-order chi connectivity index (χ1) is 32.0. The summed E-state index contributed by atoms with van der Waals surface area (Å²) in [6.45, 7) is 6.46. The molecule has 0 saturated heterocycles. The molecule has 1 atom stereocenters. The predicted octanol–water partition coefficient (Wildman–Crippen LogP) is 18.4. The van der Waals surface area contributed by atoms with Crippen LogP contribution < -0.4 is 0 Å². The SMILES string of the molecule is CC/C=C\C/C=C\C/C=C\C/C=C\CCCCCCCCCCCCCCCCC(=O)OCC(COC(=O)CCCCCCCC)OC(=O)CCCCCCC/C=C\CCCCCCC. The van der Waals surface area contributed by atoms with Crippen LogP contribution in [0.2, 0.25) is 0 Å². The van der Waals surface area contributed by atoms with Gasteiger partial charge in [-0.3, -0.25) is 14.4 Å². The van der Waals surface area contributed by atoms with Crippen LogP contribution in [-0.4, -0.2) is 37.2 Å². The second-order valence-corrected chi connectivity index (χ2v) is 18.5. The highest BCUT2D eigenvalue weighted by atomic mass is 16.6. The van der Waals surface area contributed by atoms with E-state index in [1.165, 1.54) is 148 Å². The molecule has 0 bridgehead atoms. The molecule has 1 unspecified atom stereocenters. The van der Waals surface area contributed by atoms with Crippen molar-refractivity contribution in [2.24, 2.45) is 0 Å². The molecule has 65 heavy (non-hydrogen) atoms. The number of esters is 3. The van der Waals surface area contributed by atoms with Gasteiger partial charge in [0, 0.05) is 19.3 Å². The van der Waals surface area contributed by atoms with Crippen LogP contribution in [0.4, 0.5) is 0 Å². The van der Waals surface area contributed by atoms with Crippen molar-refractivity contribution >= 4 is 17.9 Å². The zero-order chi connectivity index (χ0) is 47.2. The van der Waals surface area contributed by atoms with E-state index < -0.39 is 6.10 Å². The lowest BCUT2D eigenvalue weighted by Crippen LogP contribution is -2.30. The van der Waals surface area contributed by atoms with Crippen molar-refractivity contribution in [3.8, 4) is 0 Å². The van der Waals surface area contributed by atoms with Gasteiger partial charge in [-0.05, 0) is 83.5 Å². The van der Waals surface area contributed by atoms with Crippen molar-refractivity contribution < 1.29 is 28.6 Å². The average molecular weight is 909 g/mol. The maximum absolute atomic E-state index is 12.7. The van der Waals surface area contributed by atoms with Gasteiger partial charge in [0.25, 0.3) is 0 Å². The Kier molecular flexibility index (Phi) is 51.3. The second-order valence-electron chi connectivity index (χ2n) is 18.5. The fourth-order valence-corrected chi connectivity index (χ4v) is 7.84. The van der Waals surface area contributed by atoms with E-state index in [0.717, 1.165) is 89.9 Å². The van der Waals surface area contributed by atoms with E-state index in [4.69, 9.17) is 14.2 Å². The van der Waals surface area contributed by atoms with Gasteiger partial charge in [-0.2, -0.15) is 0 Å². The Hall–Kier alpha value is -2.89. The largest absolute Gasteiger partial charge is 0.462 e. The van der Waals surface area contributed by atoms with E-state index in [9.17, 15) is 14.4 Å². The van der Waals surface area contributed by atoms with Crippen molar-refractivity contribution in [1.82, 2.24) is 0 Å². The Bertz CT molecular complexity index is 1180. The van der Waals surface area contributed by atoms with Crippen LogP contribution in [0.1, 0.15) is 278 Å². The van der Waals surface area contributed by atoms with Gasteiger partial charge >= 0.3 is 17.9 Å². The van der Waals surface area contributed by atoms with E-state index >= 15 is 0 Å². The summed E-state index contributed by atoms with van der Waals surface area (Å²) in [5.74, 6) is -0.887. The number of carbonyl (C=O) groups excluding carboxylic acids is 3. The third kappa shape index (κ3) is 51.9. The quantitative estimate of drug-likeness (QED) is 0.0262. The summed E-state index contributed by atoms with van der Waals surface area (Å²) in [5, 5.41) is 0. The first-order valence-corrected chi connectivity index (χ1v) is 27.8. The third-order valence-electron chi connectivity index (χ3n) is 12.0. The molecule has 0 aromatic rings.